The summed E-state index contributed by atoms with van der Waals surface area (Å²) >= 11 is 0. The second-order valence-electron chi connectivity index (χ2n) is 5.58. The first-order valence-electron chi connectivity index (χ1n) is 7.32. The normalized spacial score (nSPS) is 18.9. The number of ether oxygens (including phenoxy) is 1. The van der Waals surface area contributed by atoms with Crippen LogP contribution in [-0.2, 0) is 31.4 Å². The van der Waals surface area contributed by atoms with Crippen LogP contribution in [0, 0.1) is 0 Å². The van der Waals surface area contributed by atoms with Crippen LogP contribution in [0.2, 0.25) is 0 Å². The molecule has 114 valence electrons. The van der Waals surface area contributed by atoms with Crippen LogP contribution >= 0.6 is 0 Å². The van der Waals surface area contributed by atoms with Gasteiger partial charge in [0.2, 0.25) is 0 Å². The molecule has 1 atom stereocenters. The minimum Gasteiger partial charge on any atom is -0.384 e. The Hall–Kier alpha value is -1.73. The third-order valence-corrected chi connectivity index (χ3v) is 3.92. The summed E-state index contributed by atoms with van der Waals surface area (Å²) in [7, 11) is 3.69. The minimum atomic E-state index is 0.324. The van der Waals surface area contributed by atoms with Gasteiger partial charge in [0.05, 0.1) is 18.5 Å². The van der Waals surface area contributed by atoms with Crippen molar-refractivity contribution < 1.29 is 4.74 Å². The maximum absolute atomic E-state index is 5.40. The van der Waals surface area contributed by atoms with Gasteiger partial charge in [-0.25, -0.2) is 4.68 Å². The molecule has 0 aromatic carbocycles. The third-order valence-electron chi connectivity index (χ3n) is 3.92. The average Bonchev–Trinajstić information content (AvgIpc) is 3.05. The van der Waals surface area contributed by atoms with E-state index in [-0.39, 0.29) is 0 Å². The predicted octanol–water partition coefficient (Wildman–Crippen LogP) is 0.777. The molecule has 21 heavy (non-hydrogen) atoms. The van der Waals surface area contributed by atoms with Crippen LogP contribution in [0.15, 0.2) is 12.4 Å². The van der Waals surface area contributed by atoms with Gasteiger partial charge in [0.25, 0.3) is 0 Å². The number of aromatic nitrogens is 5. The maximum atomic E-state index is 5.40. The van der Waals surface area contributed by atoms with Crippen LogP contribution in [0.1, 0.15) is 29.8 Å². The molecular formula is C14H22N6O. The number of fused-ring (bicyclic) bond motifs is 1. The lowest BCUT2D eigenvalue weighted by atomic mass is 9.98. The van der Waals surface area contributed by atoms with E-state index in [1.54, 1.807) is 7.11 Å². The fraction of sp³-hybridized carbons (Fsp3) is 0.643. The van der Waals surface area contributed by atoms with E-state index in [2.05, 4.69) is 33.4 Å². The molecule has 0 aliphatic carbocycles. The molecule has 0 N–H and O–H groups in total. The van der Waals surface area contributed by atoms with Crippen molar-refractivity contribution in [2.24, 2.45) is 7.05 Å². The highest BCUT2D eigenvalue weighted by atomic mass is 16.5. The molecule has 2 aromatic rings. The molecule has 0 amide bonds. The topological polar surface area (TPSA) is 61.0 Å². The molecule has 0 radical (unpaired) electrons. The van der Waals surface area contributed by atoms with E-state index in [4.69, 9.17) is 4.74 Å². The summed E-state index contributed by atoms with van der Waals surface area (Å²) in [5, 5.41) is 12.8. The van der Waals surface area contributed by atoms with Crippen LogP contribution < -0.4 is 0 Å². The van der Waals surface area contributed by atoms with Gasteiger partial charge < -0.3 is 4.74 Å². The van der Waals surface area contributed by atoms with E-state index >= 15 is 0 Å². The molecule has 1 aliphatic rings. The molecular weight excluding hydrogens is 268 g/mol. The SMILES string of the molecule is CCn1nnc2c1C(COC)CN(Cc1cnn(C)c1)C2. The van der Waals surface area contributed by atoms with Gasteiger partial charge in [-0.1, -0.05) is 5.21 Å². The fourth-order valence-electron chi connectivity index (χ4n) is 3.09. The van der Waals surface area contributed by atoms with E-state index < -0.39 is 0 Å². The molecule has 1 aliphatic heterocycles. The number of nitrogens with zero attached hydrogens (tertiary/aromatic N) is 6. The van der Waals surface area contributed by atoms with Gasteiger partial charge in [-0.15, -0.1) is 5.10 Å². The predicted molar refractivity (Wildman–Crippen MR) is 77.6 cm³/mol. The highest BCUT2D eigenvalue weighted by molar-refractivity contribution is 5.20. The lowest BCUT2D eigenvalue weighted by Gasteiger charge is -2.31. The number of hydrogen-bond donors (Lipinski definition) is 0. The molecule has 2 aromatic heterocycles. The monoisotopic (exact) mass is 290 g/mol. The molecule has 7 heteroatoms. The molecule has 3 rings (SSSR count). The van der Waals surface area contributed by atoms with Crippen molar-refractivity contribution in [1.29, 1.82) is 0 Å². The third kappa shape index (κ3) is 2.84. The Labute approximate surface area is 124 Å². The second kappa shape index (κ2) is 5.95. The van der Waals surface area contributed by atoms with Crippen LogP contribution in [0.3, 0.4) is 0 Å². The van der Waals surface area contributed by atoms with Crippen LogP contribution in [0.4, 0.5) is 0 Å². The van der Waals surface area contributed by atoms with Crippen molar-refractivity contribution in [2.75, 3.05) is 20.3 Å². The van der Waals surface area contributed by atoms with Gasteiger partial charge in [-0.3, -0.25) is 9.58 Å². The lowest BCUT2D eigenvalue weighted by molar-refractivity contribution is 0.131. The molecule has 1 unspecified atom stereocenters. The van der Waals surface area contributed by atoms with Crippen molar-refractivity contribution in [3.8, 4) is 0 Å². The molecule has 7 nitrogen and oxygen atoms in total. The van der Waals surface area contributed by atoms with Crippen molar-refractivity contribution in [2.45, 2.75) is 32.5 Å². The van der Waals surface area contributed by atoms with Crippen LogP contribution in [0.5, 0.6) is 0 Å². The number of methoxy groups -OCH3 is 1. The Morgan fingerprint density at radius 2 is 2.29 bits per heavy atom. The van der Waals surface area contributed by atoms with Gasteiger partial charge in [-0.2, -0.15) is 5.10 Å². The zero-order chi connectivity index (χ0) is 14.8. The Morgan fingerprint density at radius 3 is 2.95 bits per heavy atom. The minimum absolute atomic E-state index is 0.324. The molecule has 0 saturated carbocycles. The number of hydrogen-bond acceptors (Lipinski definition) is 5. The van der Waals surface area contributed by atoms with E-state index in [0.717, 1.165) is 31.9 Å². The molecule has 0 fully saturated rings. The van der Waals surface area contributed by atoms with E-state index in [9.17, 15) is 0 Å². The number of rotatable bonds is 5. The average molecular weight is 290 g/mol. The summed E-state index contributed by atoms with van der Waals surface area (Å²) < 4.78 is 9.24. The summed E-state index contributed by atoms with van der Waals surface area (Å²) in [6.07, 6.45) is 3.98. The zero-order valence-electron chi connectivity index (χ0n) is 12.9. The summed E-state index contributed by atoms with van der Waals surface area (Å²) in [4.78, 5) is 2.39. The highest BCUT2D eigenvalue weighted by Gasteiger charge is 2.30. The van der Waals surface area contributed by atoms with Crippen LogP contribution in [0.25, 0.3) is 0 Å². The van der Waals surface area contributed by atoms with Gasteiger partial charge in [0, 0.05) is 58.0 Å². The van der Waals surface area contributed by atoms with Gasteiger partial charge in [0.1, 0.15) is 5.69 Å². The Morgan fingerprint density at radius 1 is 1.43 bits per heavy atom. The zero-order valence-corrected chi connectivity index (χ0v) is 12.9. The van der Waals surface area contributed by atoms with E-state index in [0.29, 0.717) is 12.5 Å². The quantitative estimate of drug-likeness (QED) is 0.814. The molecule has 0 saturated heterocycles. The highest BCUT2D eigenvalue weighted by Crippen LogP contribution is 2.28. The Balaban J connectivity index is 1.80. The first-order chi connectivity index (χ1) is 10.2. The molecule has 0 bridgehead atoms. The van der Waals surface area contributed by atoms with Gasteiger partial charge in [-0.05, 0) is 6.92 Å². The first kappa shape index (κ1) is 14.2. The van der Waals surface area contributed by atoms with Crippen LogP contribution in [-0.4, -0.2) is 49.9 Å². The Kier molecular flexibility index (Phi) is 4.03. The van der Waals surface area contributed by atoms with Crippen molar-refractivity contribution in [3.63, 3.8) is 0 Å². The summed E-state index contributed by atoms with van der Waals surface area (Å²) in [5.41, 5.74) is 3.54. The van der Waals surface area contributed by atoms with Crippen molar-refractivity contribution >= 4 is 0 Å². The van der Waals surface area contributed by atoms with Gasteiger partial charge >= 0.3 is 0 Å². The lowest BCUT2D eigenvalue weighted by Crippen LogP contribution is -2.36. The van der Waals surface area contributed by atoms with Crippen molar-refractivity contribution in [1.82, 2.24) is 29.7 Å². The van der Waals surface area contributed by atoms with Crippen molar-refractivity contribution in [3.05, 3.63) is 29.3 Å². The summed E-state index contributed by atoms with van der Waals surface area (Å²) in [5.74, 6) is 0.324. The maximum Gasteiger partial charge on any atom is 0.100 e. The standard InChI is InChI=1S/C14H22N6O/c1-4-20-14-12(10-21-3)8-19(9-13(14)16-17-20)7-11-5-15-18(2)6-11/h5-6,12H,4,7-10H2,1-3H3. The Bertz CT molecular complexity index is 604. The molecule has 3 heterocycles. The van der Waals surface area contributed by atoms with E-state index in [1.165, 1.54) is 11.3 Å². The molecule has 0 spiro atoms. The van der Waals surface area contributed by atoms with E-state index in [1.807, 2.05) is 22.6 Å². The summed E-state index contributed by atoms with van der Waals surface area (Å²) in [6, 6.07) is 0. The summed E-state index contributed by atoms with van der Waals surface area (Å²) in [6.45, 7) is 6.33. The van der Waals surface area contributed by atoms with Gasteiger partial charge in [0.15, 0.2) is 0 Å². The smallest absolute Gasteiger partial charge is 0.100 e. The largest absolute Gasteiger partial charge is 0.384 e. The number of aryl methyl sites for hydroxylation is 2. The second-order valence-corrected chi connectivity index (χ2v) is 5.58. The first-order valence-corrected chi connectivity index (χ1v) is 7.32. The fourth-order valence-corrected chi connectivity index (χ4v) is 3.09.